The van der Waals surface area contributed by atoms with E-state index >= 15 is 0 Å². The number of ether oxygens (including phenoxy) is 1. The molecule has 0 aromatic heterocycles. The van der Waals surface area contributed by atoms with E-state index in [-0.39, 0.29) is 0 Å². The first kappa shape index (κ1) is 16.6. The van der Waals surface area contributed by atoms with Gasteiger partial charge in [0, 0.05) is 10.8 Å². The Kier molecular flexibility index (Phi) is 3.53. The van der Waals surface area contributed by atoms with Gasteiger partial charge in [-0.25, -0.2) is 0 Å². The molecule has 0 amide bonds. The van der Waals surface area contributed by atoms with Gasteiger partial charge in [0.1, 0.15) is 6.07 Å². The highest BCUT2D eigenvalue weighted by atomic mass is 16.5. The van der Waals surface area contributed by atoms with Crippen LogP contribution in [-0.2, 0) is 0 Å². The largest absolute Gasteiger partial charge is 0.453 e. The van der Waals surface area contributed by atoms with Crippen LogP contribution in [0.2, 0.25) is 0 Å². The van der Waals surface area contributed by atoms with Gasteiger partial charge in [-0.1, -0.05) is 72.8 Å². The van der Waals surface area contributed by atoms with E-state index in [4.69, 9.17) is 4.74 Å². The van der Waals surface area contributed by atoms with Crippen LogP contribution in [0.3, 0.4) is 0 Å². The van der Waals surface area contributed by atoms with Gasteiger partial charge >= 0.3 is 0 Å². The Morgan fingerprint density at radius 3 is 1.73 bits per heavy atom. The summed E-state index contributed by atoms with van der Waals surface area (Å²) < 4.78 is 6.39. The van der Waals surface area contributed by atoms with Crippen molar-refractivity contribution in [3.8, 4) is 17.6 Å². The molecule has 6 rings (SSSR count). The molecule has 3 heteroatoms. The lowest BCUT2D eigenvalue weighted by atomic mass is 10.00. The lowest BCUT2D eigenvalue weighted by Crippen LogP contribution is -2.17. The van der Waals surface area contributed by atoms with E-state index in [1.807, 2.05) is 60.7 Å². The molecule has 0 atom stereocenters. The Labute approximate surface area is 174 Å². The average molecular weight is 384 g/mol. The molecule has 0 N–H and O–H groups in total. The fraction of sp³-hybridized carbons (Fsp3) is 0. The van der Waals surface area contributed by atoms with Crippen LogP contribution in [0.25, 0.3) is 21.5 Å². The van der Waals surface area contributed by atoms with E-state index in [9.17, 15) is 5.26 Å². The van der Waals surface area contributed by atoms with Gasteiger partial charge in [0.25, 0.3) is 0 Å². The SMILES string of the molecule is N#Cc1ccccc1N1c2c(ccc3ccccc23)Oc2ccc3ccccc3c21. The van der Waals surface area contributed by atoms with Gasteiger partial charge in [-0.15, -0.1) is 0 Å². The molecule has 0 aliphatic carbocycles. The number of fused-ring (bicyclic) bond motifs is 6. The van der Waals surface area contributed by atoms with Gasteiger partial charge in [-0.3, -0.25) is 0 Å². The van der Waals surface area contributed by atoms with Gasteiger partial charge in [0.15, 0.2) is 11.5 Å². The Bertz CT molecular complexity index is 1410. The highest BCUT2D eigenvalue weighted by molar-refractivity contribution is 6.10. The Morgan fingerprint density at radius 2 is 1.13 bits per heavy atom. The van der Waals surface area contributed by atoms with Crippen molar-refractivity contribution in [2.75, 3.05) is 4.90 Å². The van der Waals surface area contributed by atoms with Crippen LogP contribution < -0.4 is 9.64 Å². The summed E-state index contributed by atoms with van der Waals surface area (Å²) in [7, 11) is 0. The Balaban J connectivity index is 1.79. The smallest absolute Gasteiger partial charge is 0.152 e. The second-order valence-corrected chi connectivity index (χ2v) is 7.33. The molecule has 1 heterocycles. The minimum Gasteiger partial charge on any atom is -0.453 e. The number of anilines is 3. The van der Waals surface area contributed by atoms with E-state index in [1.165, 1.54) is 0 Å². The third kappa shape index (κ3) is 2.31. The van der Waals surface area contributed by atoms with E-state index in [2.05, 4.69) is 47.4 Å². The lowest BCUT2D eigenvalue weighted by Gasteiger charge is -2.35. The molecule has 0 saturated carbocycles. The zero-order chi connectivity index (χ0) is 20.1. The zero-order valence-corrected chi connectivity index (χ0v) is 16.0. The van der Waals surface area contributed by atoms with Gasteiger partial charge in [0.2, 0.25) is 0 Å². The molecule has 1 aliphatic rings. The third-order valence-electron chi connectivity index (χ3n) is 5.66. The summed E-state index contributed by atoms with van der Waals surface area (Å²) in [6.07, 6.45) is 0. The van der Waals surface area contributed by atoms with Gasteiger partial charge < -0.3 is 9.64 Å². The minimum absolute atomic E-state index is 0.622. The van der Waals surface area contributed by atoms with Crippen molar-refractivity contribution >= 4 is 38.6 Å². The van der Waals surface area contributed by atoms with Crippen molar-refractivity contribution in [2.24, 2.45) is 0 Å². The number of nitrogens with zero attached hydrogens (tertiary/aromatic N) is 2. The first-order valence-electron chi connectivity index (χ1n) is 9.86. The number of hydrogen-bond donors (Lipinski definition) is 0. The van der Waals surface area contributed by atoms with Crippen LogP contribution in [0.1, 0.15) is 5.56 Å². The second kappa shape index (κ2) is 6.37. The molecule has 0 radical (unpaired) electrons. The minimum atomic E-state index is 0.622. The van der Waals surface area contributed by atoms with Gasteiger partial charge in [0.05, 0.1) is 22.6 Å². The van der Waals surface area contributed by atoms with Crippen LogP contribution in [0, 0.1) is 11.3 Å². The number of hydrogen-bond acceptors (Lipinski definition) is 3. The summed E-state index contributed by atoms with van der Waals surface area (Å²) >= 11 is 0. The van der Waals surface area contributed by atoms with Crippen LogP contribution in [0.4, 0.5) is 17.1 Å². The number of nitriles is 1. The molecular weight excluding hydrogens is 368 g/mol. The second-order valence-electron chi connectivity index (χ2n) is 7.33. The molecule has 0 bridgehead atoms. The first-order chi connectivity index (χ1) is 14.8. The van der Waals surface area contributed by atoms with Gasteiger partial charge in [-0.05, 0) is 35.0 Å². The van der Waals surface area contributed by atoms with E-state index in [1.54, 1.807) is 0 Å². The molecule has 0 saturated heterocycles. The highest BCUT2D eigenvalue weighted by Gasteiger charge is 2.30. The summed E-state index contributed by atoms with van der Waals surface area (Å²) in [6, 6.07) is 34.8. The van der Waals surface area contributed by atoms with Crippen molar-refractivity contribution < 1.29 is 4.74 Å². The predicted molar refractivity (Wildman–Crippen MR) is 121 cm³/mol. The molecule has 0 spiro atoms. The van der Waals surface area contributed by atoms with Crippen molar-refractivity contribution in [1.82, 2.24) is 0 Å². The molecule has 3 nitrogen and oxygen atoms in total. The summed E-state index contributed by atoms with van der Waals surface area (Å²) in [5.74, 6) is 1.56. The molecule has 5 aromatic rings. The quantitative estimate of drug-likeness (QED) is 0.295. The Hall–Kier alpha value is -4.29. The molecular formula is C27H16N2O. The molecule has 1 aliphatic heterocycles. The van der Waals surface area contributed by atoms with E-state index in [0.717, 1.165) is 50.1 Å². The average Bonchev–Trinajstić information content (AvgIpc) is 2.82. The molecule has 0 unspecified atom stereocenters. The van der Waals surface area contributed by atoms with Crippen molar-refractivity contribution in [3.63, 3.8) is 0 Å². The standard InChI is InChI=1S/C27H16N2O/c28-17-20-9-3-6-12-23(20)29-26-21-10-4-1-7-18(21)13-15-24(26)30-25-16-14-19-8-2-5-11-22(19)27(25)29/h1-16H. The van der Waals surface area contributed by atoms with Crippen LogP contribution >= 0.6 is 0 Å². The van der Waals surface area contributed by atoms with E-state index in [0.29, 0.717) is 5.56 Å². The first-order valence-corrected chi connectivity index (χ1v) is 9.86. The van der Waals surface area contributed by atoms with Crippen molar-refractivity contribution in [2.45, 2.75) is 0 Å². The van der Waals surface area contributed by atoms with Crippen LogP contribution in [0.15, 0.2) is 97.1 Å². The maximum atomic E-state index is 9.86. The molecule has 5 aromatic carbocycles. The molecule has 140 valence electrons. The maximum absolute atomic E-state index is 9.86. The molecule has 30 heavy (non-hydrogen) atoms. The highest BCUT2D eigenvalue weighted by Crippen LogP contribution is 2.55. The van der Waals surface area contributed by atoms with Crippen LogP contribution in [0.5, 0.6) is 11.5 Å². The number of benzene rings is 5. The van der Waals surface area contributed by atoms with Crippen molar-refractivity contribution in [1.29, 1.82) is 5.26 Å². The topological polar surface area (TPSA) is 36.3 Å². The Morgan fingerprint density at radius 1 is 0.600 bits per heavy atom. The zero-order valence-electron chi connectivity index (χ0n) is 16.0. The summed E-state index contributed by atoms with van der Waals surface area (Å²) in [4.78, 5) is 2.19. The lowest BCUT2D eigenvalue weighted by molar-refractivity contribution is 0.479. The maximum Gasteiger partial charge on any atom is 0.152 e. The normalized spacial score (nSPS) is 12.2. The molecule has 0 fully saturated rings. The summed E-state index contributed by atoms with van der Waals surface area (Å²) in [5, 5.41) is 14.3. The summed E-state index contributed by atoms with van der Waals surface area (Å²) in [5.41, 5.74) is 3.38. The third-order valence-corrected chi connectivity index (χ3v) is 5.66. The number of para-hydroxylation sites is 1. The fourth-order valence-electron chi connectivity index (χ4n) is 4.33. The van der Waals surface area contributed by atoms with Gasteiger partial charge in [-0.2, -0.15) is 5.26 Å². The van der Waals surface area contributed by atoms with Crippen LogP contribution in [-0.4, -0.2) is 0 Å². The van der Waals surface area contributed by atoms with E-state index < -0.39 is 0 Å². The van der Waals surface area contributed by atoms with Crippen molar-refractivity contribution in [3.05, 3.63) is 103 Å². The summed E-state index contributed by atoms with van der Waals surface area (Å²) in [6.45, 7) is 0. The fourth-order valence-corrected chi connectivity index (χ4v) is 4.33. The monoisotopic (exact) mass is 384 g/mol. The number of rotatable bonds is 1. The predicted octanol–water partition coefficient (Wildman–Crippen LogP) is 7.44.